The number of phosphoric acid groups is 1. The highest BCUT2D eigenvalue weighted by Gasteiger charge is 2.52. The molecule has 0 atom stereocenters. The van der Waals surface area contributed by atoms with Gasteiger partial charge in [-0.3, -0.25) is 0 Å². The number of pyridine rings is 1. The molecule has 0 unspecified atom stereocenters. The number of hydrogen-bond acceptors (Lipinski definition) is 9. The molecule has 0 radical (unpaired) electrons. The van der Waals surface area contributed by atoms with Gasteiger partial charge in [-0.1, -0.05) is 5.23 Å². The topological polar surface area (TPSA) is 139 Å². The van der Waals surface area contributed by atoms with E-state index in [-0.39, 0.29) is 28.8 Å². The van der Waals surface area contributed by atoms with Gasteiger partial charge < -0.3 is 21.7 Å². The molecule has 6 N–H and O–H groups in total. The minimum absolute atomic E-state index is 0.00162. The third-order valence-electron chi connectivity index (χ3n) is 1.96. The van der Waals surface area contributed by atoms with Crippen LogP contribution in [0.1, 0.15) is 0 Å². The van der Waals surface area contributed by atoms with Crippen molar-refractivity contribution in [2.45, 2.75) is 0 Å². The van der Waals surface area contributed by atoms with E-state index in [2.05, 4.69) is 4.98 Å². The second kappa shape index (κ2) is 2.27. The first-order valence-electron chi connectivity index (χ1n) is 3.84. The number of hydrogen-bond donors (Lipinski definition) is 3. The molecule has 1 fully saturated rings. The Kier molecular flexibility index (Phi) is 1.30. The number of aromatic nitrogens is 1. The summed E-state index contributed by atoms with van der Waals surface area (Å²) in [5, 5.41) is 0.780. The monoisotopic (exact) mass is 231 g/mol. The largest absolute Gasteiger partial charge is 0.578 e. The third kappa shape index (κ3) is 0.938. The summed E-state index contributed by atoms with van der Waals surface area (Å²) >= 11 is 0. The van der Waals surface area contributed by atoms with E-state index in [1.807, 2.05) is 0 Å². The maximum absolute atomic E-state index is 11.5. The number of nitrogens with two attached hydrogens (primary N) is 3. The maximum atomic E-state index is 11.5. The van der Waals surface area contributed by atoms with Crippen molar-refractivity contribution in [2.24, 2.45) is 0 Å². The molecule has 3 aliphatic heterocycles. The molecule has 9 nitrogen and oxygen atoms in total. The Hall–Kier alpha value is -1.70. The Morgan fingerprint density at radius 1 is 1.20 bits per heavy atom. The SMILES string of the molecule is Nc1nc2c(N)c(c1N)OP1(=O)ON2O1. The van der Waals surface area contributed by atoms with Gasteiger partial charge >= 0.3 is 7.82 Å². The van der Waals surface area contributed by atoms with Crippen LogP contribution in [0.4, 0.5) is 23.0 Å². The third-order valence-corrected chi connectivity index (χ3v) is 3.06. The summed E-state index contributed by atoms with van der Waals surface area (Å²) in [6.45, 7) is 0. The minimum atomic E-state index is -3.62. The van der Waals surface area contributed by atoms with E-state index >= 15 is 0 Å². The Labute approximate surface area is 83.2 Å². The van der Waals surface area contributed by atoms with Crippen LogP contribution in [-0.4, -0.2) is 4.98 Å². The predicted octanol–water partition coefficient (Wildman–Crippen LogP) is 0.0119. The lowest BCUT2D eigenvalue weighted by atomic mass is 10.3. The molecule has 4 rings (SSSR count). The zero-order valence-electron chi connectivity index (χ0n) is 7.21. The Bertz CT molecular complexity index is 509. The summed E-state index contributed by atoms with van der Waals surface area (Å²) in [5.74, 6) is 0.0447. The van der Waals surface area contributed by atoms with Crippen LogP contribution in [0.5, 0.6) is 5.75 Å². The average molecular weight is 231 g/mol. The molecule has 0 amide bonds. The van der Waals surface area contributed by atoms with E-state index in [4.69, 9.17) is 31.0 Å². The number of nitrogens with zero attached hydrogens (tertiary/aromatic N) is 2. The molecule has 4 heterocycles. The highest BCUT2D eigenvalue weighted by Crippen LogP contribution is 2.65. The van der Waals surface area contributed by atoms with Crippen molar-refractivity contribution in [3.8, 4) is 5.75 Å². The second-order valence-electron chi connectivity index (χ2n) is 2.94. The molecule has 1 aromatic heterocycles. The predicted molar refractivity (Wildman–Crippen MR) is 50.4 cm³/mol. The lowest BCUT2D eigenvalue weighted by molar-refractivity contribution is -0.0574. The van der Waals surface area contributed by atoms with Gasteiger partial charge in [-0.2, -0.15) is 0 Å². The molecule has 1 saturated heterocycles. The molecule has 3 aliphatic rings. The van der Waals surface area contributed by atoms with Gasteiger partial charge in [0, 0.05) is 0 Å². The summed E-state index contributed by atoms with van der Waals surface area (Å²) in [6.07, 6.45) is 0. The van der Waals surface area contributed by atoms with Crippen molar-refractivity contribution < 1.29 is 18.3 Å². The quantitative estimate of drug-likeness (QED) is 0.526. The van der Waals surface area contributed by atoms with Gasteiger partial charge in [-0.25, -0.2) is 9.55 Å². The van der Waals surface area contributed by atoms with Gasteiger partial charge in [-0.15, -0.1) is 9.25 Å². The van der Waals surface area contributed by atoms with Crippen LogP contribution >= 0.6 is 7.82 Å². The van der Waals surface area contributed by atoms with Crippen LogP contribution in [0.15, 0.2) is 0 Å². The van der Waals surface area contributed by atoms with Gasteiger partial charge in [0.1, 0.15) is 11.4 Å². The van der Waals surface area contributed by atoms with E-state index in [0.29, 0.717) is 0 Å². The van der Waals surface area contributed by atoms with E-state index in [0.717, 1.165) is 5.23 Å². The first-order chi connectivity index (χ1) is 7.00. The lowest BCUT2D eigenvalue weighted by Gasteiger charge is -2.30. The van der Waals surface area contributed by atoms with Gasteiger partial charge in [0.15, 0.2) is 11.6 Å². The standard InChI is InChI=1S/C5H6N5O4P/c6-1-3-2(7)5(9-4(1)8)10-13-15(11,12-3)14-10/h6-7H2,(H2,8,9). The fourth-order valence-electron chi connectivity index (χ4n) is 1.25. The Balaban J connectivity index is 2.31. The number of anilines is 4. The maximum Gasteiger partial charge on any atom is 0.578 e. The Morgan fingerprint density at radius 2 is 1.87 bits per heavy atom. The molecular formula is C5H6N5O4P. The summed E-state index contributed by atoms with van der Waals surface area (Å²) in [4.78, 5) is 3.82. The first kappa shape index (κ1) is 8.60. The molecular weight excluding hydrogens is 225 g/mol. The highest BCUT2D eigenvalue weighted by molar-refractivity contribution is 7.50. The fourth-order valence-corrected chi connectivity index (χ4v) is 2.26. The summed E-state index contributed by atoms with van der Waals surface area (Å²) in [5.41, 5.74) is 16.8. The Morgan fingerprint density at radius 3 is 2.53 bits per heavy atom. The minimum Gasteiger partial charge on any atom is -0.397 e. The van der Waals surface area contributed by atoms with E-state index in [1.54, 1.807) is 0 Å². The summed E-state index contributed by atoms with van der Waals surface area (Å²) < 4.78 is 25.8. The average Bonchev–Trinajstić information content (AvgIpc) is 2.25. The van der Waals surface area contributed by atoms with Crippen molar-refractivity contribution >= 4 is 30.8 Å². The fraction of sp³-hybridized carbons (Fsp3) is 0. The lowest BCUT2D eigenvalue weighted by Crippen LogP contribution is -2.33. The molecule has 1 aromatic rings. The molecule has 0 aromatic carbocycles. The van der Waals surface area contributed by atoms with Gasteiger partial charge in [-0.05, 0) is 0 Å². The van der Waals surface area contributed by atoms with Crippen molar-refractivity contribution in [1.29, 1.82) is 0 Å². The van der Waals surface area contributed by atoms with Crippen LogP contribution in [0.25, 0.3) is 0 Å². The van der Waals surface area contributed by atoms with Gasteiger partial charge in [0.05, 0.1) is 0 Å². The van der Waals surface area contributed by atoms with Crippen LogP contribution in [-0.2, 0) is 13.8 Å². The highest BCUT2D eigenvalue weighted by atomic mass is 31.2. The number of rotatable bonds is 0. The molecule has 0 aliphatic carbocycles. The van der Waals surface area contributed by atoms with E-state index < -0.39 is 7.82 Å². The van der Waals surface area contributed by atoms with Crippen LogP contribution in [0.2, 0.25) is 0 Å². The molecule has 80 valence electrons. The summed E-state index contributed by atoms with van der Waals surface area (Å²) in [6, 6.07) is 0. The smallest absolute Gasteiger partial charge is 0.397 e. The van der Waals surface area contributed by atoms with Gasteiger partial charge in [0.25, 0.3) is 0 Å². The van der Waals surface area contributed by atoms with Crippen LogP contribution < -0.4 is 27.0 Å². The zero-order valence-corrected chi connectivity index (χ0v) is 8.10. The van der Waals surface area contributed by atoms with Crippen molar-refractivity contribution in [1.82, 2.24) is 4.98 Å². The van der Waals surface area contributed by atoms with Crippen molar-refractivity contribution in [3.63, 3.8) is 0 Å². The van der Waals surface area contributed by atoms with Crippen LogP contribution in [0.3, 0.4) is 0 Å². The summed E-state index contributed by atoms with van der Waals surface area (Å²) in [7, 11) is -3.62. The second-order valence-corrected chi connectivity index (χ2v) is 4.34. The molecule has 0 saturated carbocycles. The zero-order chi connectivity index (χ0) is 10.8. The van der Waals surface area contributed by atoms with Gasteiger partial charge in [0.2, 0.25) is 5.82 Å². The van der Waals surface area contributed by atoms with Crippen LogP contribution in [0, 0.1) is 0 Å². The molecule has 10 heteroatoms. The van der Waals surface area contributed by atoms with E-state index in [9.17, 15) is 4.57 Å². The van der Waals surface area contributed by atoms with E-state index in [1.165, 1.54) is 0 Å². The molecule has 0 spiro atoms. The first-order valence-corrected chi connectivity index (χ1v) is 5.30. The molecule has 15 heavy (non-hydrogen) atoms. The number of nitrogen functional groups attached to an aromatic ring is 3. The van der Waals surface area contributed by atoms with Crippen molar-refractivity contribution in [2.75, 3.05) is 22.4 Å². The molecule has 4 bridgehead atoms. The normalized spacial score (nSPS) is 20.1. The van der Waals surface area contributed by atoms with Crippen molar-refractivity contribution in [3.05, 3.63) is 0 Å².